The molecule has 1 fully saturated rings. The molecule has 1 aromatic carbocycles. The van der Waals surface area contributed by atoms with Crippen molar-refractivity contribution < 1.29 is 18.3 Å². The van der Waals surface area contributed by atoms with Crippen LogP contribution in [0.25, 0.3) is 0 Å². The van der Waals surface area contributed by atoms with E-state index < -0.39 is 11.8 Å². The van der Waals surface area contributed by atoms with Crippen molar-refractivity contribution in [1.29, 1.82) is 0 Å². The van der Waals surface area contributed by atoms with E-state index in [4.69, 9.17) is 9.47 Å². The Morgan fingerprint density at radius 3 is 2.27 bits per heavy atom. The summed E-state index contributed by atoms with van der Waals surface area (Å²) in [4.78, 5) is 0. The van der Waals surface area contributed by atoms with Crippen molar-refractivity contribution in [2.24, 2.45) is 0 Å². The monoisotopic (exact) mass is 214 g/mol. The topological polar surface area (TPSA) is 18.5 Å². The number of halogens is 2. The minimum Gasteiger partial charge on any atom is -0.493 e. The molecule has 0 aromatic heterocycles. The molecule has 0 heterocycles. The Labute approximate surface area is 86.8 Å². The van der Waals surface area contributed by atoms with E-state index in [-0.39, 0.29) is 6.42 Å². The molecule has 82 valence electrons. The van der Waals surface area contributed by atoms with Crippen molar-refractivity contribution in [3.05, 3.63) is 23.8 Å². The summed E-state index contributed by atoms with van der Waals surface area (Å²) in [5.41, 5.74) is 0.609. The number of hydrogen-bond donors (Lipinski definition) is 0. The van der Waals surface area contributed by atoms with Gasteiger partial charge in [0.2, 0.25) is 0 Å². The first-order chi connectivity index (χ1) is 7.08. The molecule has 2 rings (SSSR count). The average molecular weight is 214 g/mol. The minimum atomic E-state index is -2.54. The predicted molar refractivity (Wildman–Crippen MR) is 51.9 cm³/mol. The molecule has 1 atom stereocenters. The van der Waals surface area contributed by atoms with E-state index in [0.717, 1.165) is 0 Å². The molecule has 0 radical (unpaired) electrons. The molecule has 0 aliphatic heterocycles. The van der Waals surface area contributed by atoms with Gasteiger partial charge < -0.3 is 9.47 Å². The van der Waals surface area contributed by atoms with Crippen molar-refractivity contribution in [3.8, 4) is 11.5 Å². The third-order valence-corrected chi connectivity index (χ3v) is 2.64. The van der Waals surface area contributed by atoms with Crippen LogP contribution in [-0.4, -0.2) is 20.1 Å². The summed E-state index contributed by atoms with van der Waals surface area (Å²) in [6.45, 7) is 0. The lowest BCUT2D eigenvalue weighted by molar-refractivity contribution is 0.112. The lowest BCUT2D eigenvalue weighted by Gasteiger charge is -2.09. The lowest BCUT2D eigenvalue weighted by Crippen LogP contribution is -1.95. The second-order valence-corrected chi connectivity index (χ2v) is 3.63. The molecular formula is C11H12F2O2. The molecule has 0 bridgehead atoms. The fraction of sp³-hybridized carbons (Fsp3) is 0.455. The first-order valence-corrected chi connectivity index (χ1v) is 4.68. The fourth-order valence-corrected chi connectivity index (χ4v) is 1.64. The molecule has 2 nitrogen and oxygen atoms in total. The highest BCUT2D eigenvalue weighted by atomic mass is 19.3. The Morgan fingerprint density at radius 2 is 1.80 bits per heavy atom. The number of benzene rings is 1. The summed E-state index contributed by atoms with van der Waals surface area (Å²) in [6.07, 6.45) is -0.0670. The van der Waals surface area contributed by atoms with Crippen molar-refractivity contribution in [1.82, 2.24) is 0 Å². The highest BCUT2D eigenvalue weighted by Crippen LogP contribution is 2.56. The van der Waals surface area contributed by atoms with Crippen LogP contribution < -0.4 is 9.47 Å². The molecule has 0 amide bonds. The maximum absolute atomic E-state index is 12.8. The molecule has 4 heteroatoms. The van der Waals surface area contributed by atoms with Crippen molar-refractivity contribution >= 4 is 0 Å². The Bertz CT molecular complexity index is 377. The molecule has 15 heavy (non-hydrogen) atoms. The zero-order valence-corrected chi connectivity index (χ0v) is 8.59. The summed E-state index contributed by atoms with van der Waals surface area (Å²) in [5.74, 6) is -2.14. The second-order valence-electron chi connectivity index (χ2n) is 3.63. The second kappa shape index (κ2) is 3.36. The van der Waals surface area contributed by atoms with Gasteiger partial charge in [0.15, 0.2) is 11.5 Å². The summed E-state index contributed by atoms with van der Waals surface area (Å²) in [7, 11) is 3.01. The van der Waals surface area contributed by atoms with Crippen LogP contribution in [0.15, 0.2) is 18.2 Å². The number of methoxy groups -OCH3 is 2. The third-order valence-electron chi connectivity index (χ3n) is 2.64. The Hall–Kier alpha value is -1.32. The molecule has 1 unspecified atom stereocenters. The molecule has 1 aromatic rings. The maximum Gasteiger partial charge on any atom is 0.255 e. The normalized spacial score (nSPS) is 22.3. The van der Waals surface area contributed by atoms with Gasteiger partial charge in [0.05, 0.1) is 20.1 Å². The average Bonchev–Trinajstić information content (AvgIpc) is 2.86. The van der Waals surface area contributed by atoms with Crippen LogP contribution in [0.2, 0.25) is 0 Å². The van der Waals surface area contributed by atoms with Crippen LogP contribution in [0, 0.1) is 0 Å². The molecule has 1 aliphatic rings. The van der Waals surface area contributed by atoms with Gasteiger partial charge in [-0.15, -0.1) is 0 Å². The van der Waals surface area contributed by atoms with Crippen LogP contribution in [0.1, 0.15) is 17.9 Å². The molecular weight excluding hydrogens is 202 g/mol. The van der Waals surface area contributed by atoms with Gasteiger partial charge in [-0.25, -0.2) is 8.78 Å². The van der Waals surface area contributed by atoms with E-state index >= 15 is 0 Å². The quantitative estimate of drug-likeness (QED) is 0.770. The van der Waals surface area contributed by atoms with Gasteiger partial charge in [0, 0.05) is 6.42 Å². The van der Waals surface area contributed by atoms with Gasteiger partial charge in [-0.05, 0) is 17.7 Å². The van der Waals surface area contributed by atoms with Crippen molar-refractivity contribution in [3.63, 3.8) is 0 Å². The van der Waals surface area contributed by atoms with E-state index in [1.54, 1.807) is 18.2 Å². The van der Waals surface area contributed by atoms with E-state index in [1.165, 1.54) is 14.2 Å². The summed E-state index contributed by atoms with van der Waals surface area (Å²) in [6, 6.07) is 4.93. The Morgan fingerprint density at radius 1 is 1.20 bits per heavy atom. The summed E-state index contributed by atoms with van der Waals surface area (Å²) >= 11 is 0. The lowest BCUT2D eigenvalue weighted by atomic mass is 10.1. The van der Waals surface area contributed by atoms with E-state index in [9.17, 15) is 8.78 Å². The van der Waals surface area contributed by atoms with Crippen LogP contribution in [0.3, 0.4) is 0 Å². The Balaban J connectivity index is 2.28. The zero-order valence-electron chi connectivity index (χ0n) is 8.59. The SMILES string of the molecule is COc1ccc(C2CC2(F)F)cc1OC. The van der Waals surface area contributed by atoms with E-state index in [2.05, 4.69) is 0 Å². The molecule has 1 saturated carbocycles. The maximum atomic E-state index is 12.8. The van der Waals surface area contributed by atoms with Gasteiger partial charge in [-0.1, -0.05) is 6.07 Å². The largest absolute Gasteiger partial charge is 0.493 e. The first kappa shape index (κ1) is 10.2. The predicted octanol–water partition coefficient (Wildman–Crippen LogP) is 2.83. The zero-order chi connectivity index (χ0) is 11.1. The Kier molecular flexibility index (Phi) is 2.29. The number of hydrogen-bond acceptors (Lipinski definition) is 2. The van der Waals surface area contributed by atoms with Crippen molar-refractivity contribution in [2.75, 3.05) is 14.2 Å². The highest BCUT2D eigenvalue weighted by Gasteiger charge is 2.57. The van der Waals surface area contributed by atoms with E-state index in [1.807, 2.05) is 0 Å². The third kappa shape index (κ3) is 1.76. The summed E-state index contributed by atoms with van der Waals surface area (Å²) < 4.78 is 35.7. The number of ether oxygens (including phenoxy) is 2. The van der Waals surface area contributed by atoms with Crippen LogP contribution in [-0.2, 0) is 0 Å². The van der Waals surface area contributed by atoms with Gasteiger partial charge in [0.1, 0.15) is 0 Å². The number of alkyl halides is 2. The fourth-order valence-electron chi connectivity index (χ4n) is 1.64. The van der Waals surface area contributed by atoms with Crippen LogP contribution in [0.5, 0.6) is 11.5 Å². The van der Waals surface area contributed by atoms with Gasteiger partial charge >= 0.3 is 0 Å². The number of rotatable bonds is 3. The smallest absolute Gasteiger partial charge is 0.255 e. The van der Waals surface area contributed by atoms with Gasteiger partial charge in [-0.3, -0.25) is 0 Å². The van der Waals surface area contributed by atoms with Crippen LogP contribution in [0.4, 0.5) is 8.78 Å². The van der Waals surface area contributed by atoms with Crippen molar-refractivity contribution in [2.45, 2.75) is 18.3 Å². The van der Waals surface area contributed by atoms with Gasteiger partial charge in [-0.2, -0.15) is 0 Å². The standard InChI is InChI=1S/C11H12F2O2/c1-14-9-4-3-7(5-10(9)15-2)8-6-11(8,12)13/h3-5,8H,6H2,1-2H3. The van der Waals surface area contributed by atoms with Gasteiger partial charge in [0.25, 0.3) is 5.92 Å². The molecule has 0 spiro atoms. The highest BCUT2D eigenvalue weighted by molar-refractivity contribution is 5.45. The molecule has 1 aliphatic carbocycles. The first-order valence-electron chi connectivity index (χ1n) is 4.68. The molecule has 0 saturated heterocycles. The summed E-state index contributed by atoms with van der Waals surface area (Å²) in [5, 5.41) is 0. The van der Waals surface area contributed by atoms with Crippen LogP contribution >= 0.6 is 0 Å². The van der Waals surface area contributed by atoms with E-state index in [0.29, 0.717) is 17.1 Å². The molecule has 0 N–H and O–H groups in total. The minimum absolute atomic E-state index is 0.0670.